The lowest BCUT2D eigenvalue weighted by Gasteiger charge is -2.21. The zero-order chi connectivity index (χ0) is 13.7. The molecule has 2 N–H and O–H groups in total. The van der Waals surface area contributed by atoms with E-state index in [2.05, 4.69) is 39.5 Å². The highest BCUT2D eigenvalue weighted by Gasteiger charge is 2.18. The molecule has 0 aliphatic heterocycles. The molecule has 1 unspecified atom stereocenters. The maximum absolute atomic E-state index is 5.85. The first kappa shape index (κ1) is 15.4. The van der Waals surface area contributed by atoms with E-state index >= 15 is 0 Å². The van der Waals surface area contributed by atoms with Crippen molar-refractivity contribution in [2.75, 3.05) is 18.0 Å². The Morgan fingerprint density at radius 1 is 1.28 bits per heavy atom. The molecule has 3 nitrogen and oxygen atoms in total. The first-order chi connectivity index (χ1) is 8.53. The zero-order valence-electron chi connectivity index (χ0n) is 12.4. The van der Waals surface area contributed by atoms with Crippen molar-refractivity contribution in [1.29, 1.82) is 0 Å². The molecule has 104 valence electrons. The van der Waals surface area contributed by atoms with E-state index in [-0.39, 0.29) is 0 Å². The smallest absolute Gasteiger partial charge is 0.185 e. The maximum atomic E-state index is 5.85. The van der Waals surface area contributed by atoms with E-state index < -0.39 is 0 Å². The van der Waals surface area contributed by atoms with Crippen LogP contribution in [0.4, 0.5) is 5.13 Å². The molecule has 4 heteroatoms. The standard InChI is InChI=1S/C14H27N3S/c1-6-11(5)13-12(8-15)18-14(16-13)17(7-2)9-10(3)4/h10-11H,6-9,15H2,1-5H3. The highest BCUT2D eigenvalue weighted by Crippen LogP contribution is 2.32. The summed E-state index contributed by atoms with van der Waals surface area (Å²) in [6.45, 7) is 13.8. The van der Waals surface area contributed by atoms with E-state index in [4.69, 9.17) is 10.7 Å². The van der Waals surface area contributed by atoms with Crippen LogP contribution in [0.25, 0.3) is 0 Å². The van der Waals surface area contributed by atoms with Crippen molar-refractivity contribution >= 4 is 16.5 Å². The normalized spacial score (nSPS) is 13.1. The zero-order valence-corrected chi connectivity index (χ0v) is 13.2. The molecule has 0 saturated heterocycles. The van der Waals surface area contributed by atoms with Gasteiger partial charge in [0.1, 0.15) is 0 Å². The first-order valence-electron chi connectivity index (χ1n) is 6.97. The van der Waals surface area contributed by atoms with Gasteiger partial charge in [0.25, 0.3) is 0 Å². The highest BCUT2D eigenvalue weighted by molar-refractivity contribution is 7.15. The minimum Gasteiger partial charge on any atom is -0.348 e. The number of hydrogen-bond donors (Lipinski definition) is 1. The van der Waals surface area contributed by atoms with Gasteiger partial charge in [0.05, 0.1) is 5.69 Å². The second-order valence-electron chi connectivity index (χ2n) is 5.25. The van der Waals surface area contributed by atoms with E-state index in [1.807, 2.05) is 0 Å². The fourth-order valence-electron chi connectivity index (χ4n) is 1.99. The monoisotopic (exact) mass is 269 g/mol. The molecule has 1 aromatic rings. The van der Waals surface area contributed by atoms with Crippen LogP contribution in [0.5, 0.6) is 0 Å². The second kappa shape index (κ2) is 7.10. The fourth-order valence-corrected chi connectivity index (χ4v) is 3.13. The molecule has 0 aliphatic carbocycles. The van der Waals surface area contributed by atoms with Crippen LogP contribution >= 0.6 is 11.3 Å². The van der Waals surface area contributed by atoms with Crippen LogP contribution in [0, 0.1) is 5.92 Å². The average molecular weight is 269 g/mol. The summed E-state index contributed by atoms with van der Waals surface area (Å²) >= 11 is 1.77. The number of hydrogen-bond acceptors (Lipinski definition) is 4. The Hall–Kier alpha value is -0.610. The average Bonchev–Trinajstić information content (AvgIpc) is 2.78. The first-order valence-corrected chi connectivity index (χ1v) is 7.79. The molecular weight excluding hydrogens is 242 g/mol. The molecule has 1 aromatic heterocycles. The summed E-state index contributed by atoms with van der Waals surface area (Å²) < 4.78 is 0. The van der Waals surface area contributed by atoms with Gasteiger partial charge in [-0.05, 0) is 25.2 Å². The summed E-state index contributed by atoms with van der Waals surface area (Å²) in [5, 5.41) is 1.14. The number of nitrogens with two attached hydrogens (primary N) is 1. The Morgan fingerprint density at radius 3 is 2.39 bits per heavy atom. The van der Waals surface area contributed by atoms with Gasteiger partial charge in [-0.25, -0.2) is 4.98 Å². The number of nitrogens with zero attached hydrogens (tertiary/aromatic N) is 2. The Labute approximate surface area is 115 Å². The van der Waals surface area contributed by atoms with E-state index in [1.165, 1.54) is 10.6 Å². The van der Waals surface area contributed by atoms with Crippen molar-refractivity contribution in [2.24, 2.45) is 11.7 Å². The lowest BCUT2D eigenvalue weighted by molar-refractivity contribution is 0.615. The van der Waals surface area contributed by atoms with Gasteiger partial charge in [-0.1, -0.05) is 27.7 Å². The highest BCUT2D eigenvalue weighted by atomic mass is 32.1. The third-order valence-electron chi connectivity index (χ3n) is 3.22. The third-order valence-corrected chi connectivity index (χ3v) is 4.37. The van der Waals surface area contributed by atoms with E-state index in [1.54, 1.807) is 11.3 Å². The van der Waals surface area contributed by atoms with Gasteiger partial charge in [-0.15, -0.1) is 11.3 Å². The topological polar surface area (TPSA) is 42.2 Å². The van der Waals surface area contributed by atoms with Gasteiger partial charge >= 0.3 is 0 Å². The number of aromatic nitrogens is 1. The Bertz CT molecular complexity index is 360. The Balaban J connectivity index is 2.98. The molecule has 1 heterocycles. The van der Waals surface area contributed by atoms with Crippen LogP contribution in [-0.2, 0) is 6.54 Å². The van der Waals surface area contributed by atoms with Crippen LogP contribution in [0.1, 0.15) is 57.5 Å². The molecule has 0 spiro atoms. The van der Waals surface area contributed by atoms with Crippen molar-refractivity contribution < 1.29 is 0 Å². The SMILES string of the molecule is CCC(C)c1nc(N(CC)CC(C)C)sc1CN. The lowest BCUT2D eigenvalue weighted by atomic mass is 10.0. The van der Waals surface area contributed by atoms with Gasteiger partial charge in [0.2, 0.25) is 0 Å². The predicted molar refractivity (Wildman–Crippen MR) is 81.4 cm³/mol. The van der Waals surface area contributed by atoms with Crippen molar-refractivity contribution in [2.45, 2.75) is 53.5 Å². The van der Waals surface area contributed by atoms with Gasteiger partial charge < -0.3 is 10.6 Å². The van der Waals surface area contributed by atoms with Crippen LogP contribution in [0.2, 0.25) is 0 Å². The minimum atomic E-state index is 0.506. The van der Waals surface area contributed by atoms with Crippen LogP contribution < -0.4 is 10.6 Å². The molecule has 0 radical (unpaired) electrons. The number of thiazole rings is 1. The molecule has 0 aliphatic rings. The summed E-state index contributed by atoms with van der Waals surface area (Å²) in [6, 6.07) is 0. The second-order valence-corrected chi connectivity index (χ2v) is 6.31. The van der Waals surface area contributed by atoms with Gasteiger partial charge in [-0.2, -0.15) is 0 Å². The molecule has 1 rings (SSSR count). The summed E-state index contributed by atoms with van der Waals surface area (Å²) in [6.07, 6.45) is 1.12. The summed E-state index contributed by atoms with van der Waals surface area (Å²) in [7, 11) is 0. The van der Waals surface area contributed by atoms with Crippen molar-refractivity contribution in [3.63, 3.8) is 0 Å². The van der Waals surface area contributed by atoms with E-state index in [0.29, 0.717) is 18.4 Å². The largest absolute Gasteiger partial charge is 0.348 e. The Kier molecular flexibility index (Phi) is 6.09. The quantitative estimate of drug-likeness (QED) is 0.822. The van der Waals surface area contributed by atoms with Gasteiger partial charge in [0, 0.05) is 24.5 Å². The molecule has 0 fully saturated rings. The molecule has 0 aromatic carbocycles. The Morgan fingerprint density at radius 2 is 1.94 bits per heavy atom. The van der Waals surface area contributed by atoms with E-state index in [0.717, 1.165) is 24.6 Å². The molecular formula is C14H27N3S. The van der Waals surface area contributed by atoms with Crippen molar-refractivity contribution in [1.82, 2.24) is 4.98 Å². The van der Waals surface area contributed by atoms with Crippen molar-refractivity contribution in [3.05, 3.63) is 10.6 Å². The summed E-state index contributed by atoms with van der Waals surface area (Å²) in [5.74, 6) is 1.16. The van der Waals surface area contributed by atoms with Crippen LogP contribution in [0.3, 0.4) is 0 Å². The predicted octanol–water partition coefficient (Wildman–Crippen LogP) is 3.60. The number of anilines is 1. The lowest BCUT2D eigenvalue weighted by Crippen LogP contribution is -2.27. The van der Waals surface area contributed by atoms with Crippen LogP contribution in [-0.4, -0.2) is 18.1 Å². The summed E-state index contributed by atoms with van der Waals surface area (Å²) in [4.78, 5) is 8.45. The maximum Gasteiger partial charge on any atom is 0.185 e. The molecule has 0 saturated carbocycles. The molecule has 0 amide bonds. The van der Waals surface area contributed by atoms with Gasteiger partial charge in [0.15, 0.2) is 5.13 Å². The fraction of sp³-hybridized carbons (Fsp3) is 0.786. The van der Waals surface area contributed by atoms with Crippen LogP contribution in [0.15, 0.2) is 0 Å². The molecule has 1 atom stereocenters. The summed E-state index contributed by atoms with van der Waals surface area (Å²) in [5.41, 5.74) is 7.06. The molecule has 0 bridgehead atoms. The van der Waals surface area contributed by atoms with E-state index in [9.17, 15) is 0 Å². The third kappa shape index (κ3) is 3.69. The molecule has 18 heavy (non-hydrogen) atoms. The van der Waals surface area contributed by atoms with Gasteiger partial charge in [-0.3, -0.25) is 0 Å². The minimum absolute atomic E-state index is 0.506. The van der Waals surface area contributed by atoms with Crippen molar-refractivity contribution in [3.8, 4) is 0 Å². The number of rotatable bonds is 7.